The number of hydrogen-bond donors (Lipinski definition) is 1. The largest absolute Gasteiger partial charge is 0.416 e. The van der Waals surface area contributed by atoms with E-state index >= 15 is 0 Å². The molecule has 0 spiro atoms. The lowest BCUT2D eigenvalue weighted by molar-refractivity contribution is -0.137. The van der Waals surface area contributed by atoms with Gasteiger partial charge < -0.3 is 5.32 Å². The second-order valence-electron chi connectivity index (χ2n) is 4.36. The summed E-state index contributed by atoms with van der Waals surface area (Å²) in [6, 6.07) is 7.27. The lowest BCUT2D eigenvalue weighted by Gasteiger charge is -2.18. The third kappa shape index (κ3) is 3.62. The minimum atomic E-state index is -4.31. The van der Waals surface area contributed by atoms with E-state index in [0.717, 1.165) is 15.4 Å². The minimum Gasteiger partial charge on any atom is -0.313 e. The first-order valence-electron chi connectivity index (χ1n) is 5.98. The summed E-state index contributed by atoms with van der Waals surface area (Å²) >= 11 is 5.03. The molecule has 0 saturated heterocycles. The first-order valence-corrected chi connectivity index (χ1v) is 7.65. The van der Waals surface area contributed by atoms with Crippen LogP contribution in [0.3, 0.4) is 0 Å². The van der Waals surface area contributed by atoms with Crippen molar-refractivity contribution in [3.63, 3.8) is 0 Å². The average Bonchev–Trinajstić information content (AvgIpc) is 2.80. The first kappa shape index (κ1) is 15.5. The summed E-state index contributed by atoms with van der Waals surface area (Å²) in [7, 11) is 1.76. The van der Waals surface area contributed by atoms with Gasteiger partial charge in [-0.3, -0.25) is 0 Å². The second kappa shape index (κ2) is 6.28. The van der Waals surface area contributed by atoms with E-state index in [2.05, 4.69) is 21.2 Å². The van der Waals surface area contributed by atoms with Gasteiger partial charge in [-0.2, -0.15) is 13.2 Å². The van der Waals surface area contributed by atoms with Crippen molar-refractivity contribution >= 4 is 27.3 Å². The highest BCUT2D eigenvalue weighted by atomic mass is 79.9. The molecule has 108 valence electrons. The van der Waals surface area contributed by atoms with Crippen molar-refractivity contribution in [2.45, 2.75) is 18.6 Å². The van der Waals surface area contributed by atoms with Gasteiger partial charge in [0.25, 0.3) is 0 Å². The van der Waals surface area contributed by atoms with Gasteiger partial charge in [-0.25, -0.2) is 0 Å². The lowest BCUT2D eigenvalue weighted by atomic mass is 10.0. The third-order valence-electron chi connectivity index (χ3n) is 3.05. The minimum absolute atomic E-state index is 0.146. The van der Waals surface area contributed by atoms with E-state index in [1.807, 2.05) is 11.4 Å². The summed E-state index contributed by atoms with van der Waals surface area (Å²) in [6.07, 6.45) is -3.66. The van der Waals surface area contributed by atoms with E-state index in [4.69, 9.17) is 0 Å². The lowest BCUT2D eigenvalue weighted by Crippen LogP contribution is -2.19. The highest BCUT2D eigenvalue weighted by Gasteiger charge is 2.30. The molecule has 0 aliphatic heterocycles. The number of nitrogens with one attached hydrogen (secondary N) is 1. The Labute approximate surface area is 128 Å². The summed E-state index contributed by atoms with van der Waals surface area (Å²) in [5.74, 6) is 0. The van der Waals surface area contributed by atoms with Crippen LogP contribution in [0.1, 0.15) is 22.0 Å². The molecule has 1 aromatic heterocycles. The van der Waals surface area contributed by atoms with Crippen molar-refractivity contribution in [3.8, 4) is 0 Å². The van der Waals surface area contributed by atoms with E-state index in [9.17, 15) is 13.2 Å². The van der Waals surface area contributed by atoms with Gasteiger partial charge in [-0.1, -0.05) is 12.1 Å². The molecule has 0 amide bonds. The molecular weight excluding hydrogens is 351 g/mol. The van der Waals surface area contributed by atoms with Crippen molar-refractivity contribution in [1.82, 2.24) is 5.32 Å². The molecule has 0 fully saturated rings. The van der Waals surface area contributed by atoms with Crippen LogP contribution in [0.25, 0.3) is 0 Å². The Balaban J connectivity index is 2.26. The zero-order valence-corrected chi connectivity index (χ0v) is 13.1. The predicted octanol–water partition coefficient (Wildman–Crippen LogP) is 5.03. The van der Waals surface area contributed by atoms with Crippen LogP contribution in [0.4, 0.5) is 13.2 Å². The summed E-state index contributed by atoms with van der Waals surface area (Å²) in [5.41, 5.74) is 0.0307. The molecular formula is C14H13BrF3NS. The molecule has 1 heterocycles. The molecule has 2 rings (SSSR count). The number of thiophene rings is 1. The molecule has 1 atom stereocenters. The molecule has 1 unspecified atom stereocenters. The van der Waals surface area contributed by atoms with Crippen molar-refractivity contribution in [2.75, 3.05) is 7.05 Å². The summed E-state index contributed by atoms with van der Waals surface area (Å²) in [6.45, 7) is 0. The number of benzene rings is 1. The Bertz CT molecular complexity index is 580. The van der Waals surface area contributed by atoms with Crippen LogP contribution >= 0.6 is 27.3 Å². The van der Waals surface area contributed by atoms with Gasteiger partial charge in [-0.05, 0) is 52.1 Å². The van der Waals surface area contributed by atoms with Crippen LogP contribution < -0.4 is 5.32 Å². The van der Waals surface area contributed by atoms with E-state index in [1.165, 1.54) is 12.1 Å². The van der Waals surface area contributed by atoms with Crippen molar-refractivity contribution in [3.05, 3.63) is 56.2 Å². The number of likely N-dealkylation sites (N-methyl/N-ethyl adjacent to an activating group) is 1. The predicted molar refractivity (Wildman–Crippen MR) is 79.0 cm³/mol. The second-order valence-corrected chi connectivity index (χ2v) is 6.22. The first-order chi connectivity index (χ1) is 9.41. The fraction of sp³-hybridized carbons (Fsp3) is 0.286. The Kier molecular flexibility index (Phi) is 4.88. The molecule has 6 heteroatoms. The van der Waals surface area contributed by atoms with E-state index < -0.39 is 11.7 Å². The fourth-order valence-electron chi connectivity index (χ4n) is 1.97. The molecule has 1 N–H and O–H groups in total. The van der Waals surface area contributed by atoms with Crippen molar-refractivity contribution < 1.29 is 13.2 Å². The Morgan fingerprint density at radius 3 is 2.60 bits per heavy atom. The molecule has 2 aromatic rings. The fourth-order valence-corrected chi connectivity index (χ4v) is 3.54. The van der Waals surface area contributed by atoms with E-state index in [-0.39, 0.29) is 6.04 Å². The number of rotatable bonds is 4. The maximum Gasteiger partial charge on any atom is 0.416 e. The quantitative estimate of drug-likeness (QED) is 0.802. The molecule has 0 radical (unpaired) electrons. The number of halogens is 4. The van der Waals surface area contributed by atoms with Gasteiger partial charge in [0.05, 0.1) is 5.56 Å². The Hall–Kier alpha value is -0.850. The van der Waals surface area contributed by atoms with Gasteiger partial charge in [0, 0.05) is 21.8 Å². The molecule has 0 aliphatic carbocycles. The zero-order valence-electron chi connectivity index (χ0n) is 10.7. The maximum atomic E-state index is 12.8. The Morgan fingerprint density at radius 1 is 1.30 bits per heavy atom. The maximum absolute atomic E-state index is 12.8. The third-order valence-corrected chi connectivity index (χ3v) is 4.99. The van der Waals surface area contributed by atoms with Gasteiger partial charge in [0.2, 0.25) is 0 Å². The smallest absolute Gasteiger partial charge is 0.313 e. The zero-order chi connectivity index (χ0) is 14.8. The van der Waals surface area contributed by atoms with Crippen LogP contribution in [-0.4, -0.2) is 7.05 Å². The van der Waals surface area contributed by atoms with Crippen molar-refractivity contribution in [2.24, 2.45) is 0 Å². The molecule has 20 heavy (non-hydrogen) atoms. The SMILES string of the molecule is CNC(Cc1sccc1Br)c1cccc(C(F)(F)F)c1. The molecule has 1 aromatic carbocycles. The van der Waals surface area contributed by atoms with Crippen molar-refractivity contribution in [1.29, 1.82) is 0 Å². The van der Waals surface area contributed by atoms with E-state index in [1.54, 1.807) is 24.5 Å². The topological polar surface area (TPSA) is 12.0 Å². The van der Waals surface area contributed by atoms with Crippen LogP contribution in [0, 0.1) is 0 Å². The average molecular weight is 364 g/mol. The van der Waals surface area contributed by atoms with Crippen LogP contribution in [0.15, 0.2) is 40.2 Å². The van der Waals surface area contributed by atoms with Gasteiger partial charge >= 0.3 is 6.18 Å². The molecule has 1 nitrogen and oxygen atoms in total. The highest BCUT2D eigenvalue weighted by Crippen LogP contribution is 2.32. The molecule has 0 saturated carbocycles. The summed E-state index contributed by atoms with van der Waals surface area (Å²) in [5, 5.41) is 5.04. The van der Waals surface area contributed by atoms with Gasteiger partial charge in [-0.15, -0.1) is 11.3 Å². The van der Waals surface area contributed by atoms with Crippen LogP contribution in [0.2, 0.25) is 0 Å². The van der Waals surface area contributed by atoms with Crippen LogP contribution in [0.5, 0.6) is 0 Å². The molecule has 0 aliphatic rings. The summed E-state index contributed by atoms with van der Waals surface area (Å²) < 4.78 is 39.2. The van der Waals surface area contributed by atoms with Gasteiger partial charge in [0.1, 0.15) is 0 Å². The monoisotopic (exact) mass is 363 g/mol. The number of alkyl halides is 3. The normalized spacial score (nSPS) is 13.4. The standard InChI is InChI=1S/C14H13BrF3NS/c1-19-12(8-13-11(15)5-6-20-13)9-3-2-4-10(7-9)14(16,17)18/h2-7,12,19H,8H2,1H3. The number of hydrogen-bond acceptors (Lipinski definition) is 2. The Morgan fingerprint density at radius 2 is 2.05 bits per heavy atom. The molecule has 0 bridgehead atoms. The highest BCUT2D eigenvalue weighted by molar-refractivity contribution is 9.10. The van der Waals surface area contributed by atoms with E-state index in [0.29, 0.717) is 12.0 Å². The van der Waals surface area contributed by atoms with Crippen LogP contribution in [-0.2, 0) is 12.6 Å². The van der Waals surface area contributed by atoms with Gasteiger partial charge in [0.15, 0.2) is 0 Å². The summed E-state index contributed by atoms with van der Waals surface area (Å²) in [4.78, 5) is 1.11.